The maximum Gasteiger partial charge on any atom is 0.270 e. The van der Waals surface area contributed by atoms with Gasteiger partial charge in [0.15, 0.2) is 0 Å². The van der Waals surface area contributed by atoms with E-state index in [9.17, 15) is 13.2 Å². The minimum Gasteiger partial charge on any atom is -0.347 e. The third-order valence-electron chi connectivity index (χ3n) is 3.88. The first-order valence-electron chi connectivity index (χ1n) is 7.61. The number of aromatic nitrogens is 2. The summed E-state index contributed by atoms with van der Waals surface area (Å²) in [5, 5.41) is 7.89. The van der Waals surface area contributed by atoms with Crippen LogP contribution < -0.4 is 10.5 Å². The van der Waals surface area contributed by atoms with Crippen LogP contribution in [-0.2, 0) is 16.6 Å². The van der Waals surface area contributed by atoms with Crippen LogP contribution in [0.15, 0.2) is 47.5 Å². The highest BCUT2D eigenvalue weighted by molar-refractivity contribution is 7.89. The number of fused-ring (bicyclic) bond motifs is 1. The summed E-state index contributed by atoms with van der Waals surface area (Å²) >= 11 is 0. The smallest absolute Gasteiger partial charge is 0.270 e. The number of aryl methyl sites for hydroxylation is 2. The number of carbonyl (C=O) groups is 1. The molecule has 0 aliphatic heterocycles. The van der Waals surface area contributed by atoms with Crippen molar-refractivity contribution < 1.29 is 13.2 Å². The van der Waals surface area contributed by atoms with Gasteiger partial charge in [0.25, 0.3) is 5.91 Å². The van der Waals surface area contributed by atoms with Gasteiger partial charge in [0.05, 0.1) is 10.6 Å². The molecule has 0 unspecified atom stereocenters. The molecule has 0 saturated carbocycles. The lowest BCUT2D eigenvalue weighted by atomic mass is 10.2. The molecule has 0 spiro atoms. The molecule has 0 aliphatic rings. The van der Waals surface area contributed by atoms with Crippen molar-refractivity contribution in [2.45, 2.75) is 25.3 Å². The average Bonchev–Trinajstić information content (AvgIpc) is 2.87. The first-order chi connectivity index (χ1) is 11.8. The standard InChI is InChI=1S/C17H18N4O3S/c1-11-7-8-21-15(9-11)20-12(2)16(21)17(22)19-10-13-3-5-14(6-4-13)25(18,23)24/h3-9H,10H2,1-2H3,(H,19,22)(H2,18,23,24). The number of amides is 1. The van der Waals surface area contributed by atoms with Crippen molar-refractivity contribution in [3.63, 3.8) is 0 Å². The van der Waals surface area contributed by atoms with Gasteiger partial charge in [-0.1, -0.05) is 12.1 Å². The number of sulfonamides is 1. The molecule has 2 aromatic heterocycles. The lowest BCUT2D eigenvalue weighted by molar-refractivity contribution is 0.0944. The number of pyridine rings is 1. The Labute approximate surface area is 145 Å². The highest BCUT2D eigenvalue weighted by atomic mass is 32.2. The van der Waals surface area contributed by atoms with E-state index in [-0.39, 0.29) is 17.3 Å². The Bertz CT molecular complexity index is 1050. The van der Waals surface area contributed by atoms with Crippen LogP contribution in [0.25, 0.3) is 5.65 Å². The Hall–Kier alpha value is -2.71. The van der Waals surface area contributed by atoms with Crippen molar-refractivity contribution in [2.75, 3.05) is 0 Å². The van der Waals surface area contributed by atoms with E-state index in [1.807, 2.05) is 25.3 Å². The van der Waals surface area contributed by atoms with E-state index < -0.39 is 10.0 Å². The van der Waals surface area contributed by atoms with Gasteiger partial charge in [-0.15, -0.1) is 0 Å². The van der Waals surface area contributed by atoms with Gasteiger partial charge in [-0.05, 0) is 49.2 Å². The van der Waals surface area contributed by atoms with Gasteiger partial charge in [0.1, 0.15) is 11.3 Å². The normalized spacial score (nSPS) is 11.6. The molecule has 3 N–H and O–H groups in total. The van der Waals surface area contributed by atoms with Gasteiger partial charge < -0.3 is 5.32 Å². The van der Waals surface area contributed by atoms with Gasteiger partial charge in [0.2, 0.25) is 10.0 Å². The Morgan fingerprint density at radius 2 is 1.88 bits per heavy atom. The molecular weight excluding hydrogens is 340 g/mol. The Morgan fingerprint density at radius 3 is 2.52 bits per heavy atom. The third kappa shape index (κ3) is 3.54. The number of hydrogen-bond donors (Lipinski definition) is 2. The second kappa shape index (κ2) is 6.30. The summed E-state index contributed by atoms with van der Waals surface area (Å²) in [7, 11) is -3.72. The van der Waals surface area contributed by atoms with Crippen molar-refractivity contribution in [1.29, 1.82) is 0 Å². The van der Waals surface area contributed by atoms with Crippen LogP contribution in [-0.4, -0.2) is 23.7 Å². The van der Waals surface area contributed by atoms with Gasteiger partial charge in [0, 0.05) is 12.7 Å². The number of hydrogen-bond acceptors (Lipinski definition) is 4. The molecular formula is C17H18N4O3S. The van der Waals surface area contributed by atoms with E-state index >= 15 is 0 Å². The number of rotatable bonds is 4. The molecule has 7 nitrogen and oxygen atoms in total. The lowest BCUT2D eigenvalue weighted by Gasteiger charge is -2.07. The molecule has 3 rings (SSSR count). The van der Waals surface area contributed by atoms with E-state index in [0.717, 1.165) is 16.8 Å². The first kappa shape index (κ1) is 17.1. The second-order valence-corrected chi connectivity index (χ2v) is 7.41. The number of imidazole rings is 1. The SMILES string of the molecule is Cc1ccn2c(C(=O)NCc3ccc(S(N)(=O)=O)cc3)c(C)nc2c1. The van der Waals surface area contributed by atoms with Gasteiger partial charge in [-0.25, -0.2) is 18.5 Å². The molecule has 2 heterocycles. The zero-order chi connectivity index (χ0) is 18.2. The van der Waals surface area contributed by atoms with E-state index in [0.29, 0.717) is 11.4 Å². The highest BCUT2D eigenvalue weighted by Gasteiger charge is 2.16. The minimum absolute atomic E-state index is 0.0376. The van der Waals surface area contributed by atoms with E-state index in [4.69, 9.17) is 5.14 Å². The molecule has 25 heavy (non-hydrogen) atoms. The molecule has 0 radical (unpaired) electrons. The average molecular weight is 358 g/mol. The van der Waals surface area contributed by atoms with Gasteiger partial charge in [-0.3, -0.25) is 9.20 Å². The predicted molar refractivity (Wildman–Crippen MR) is 93.7 cm³/mol. The van der Waals surface area contributed by atoms with Crippen LogP contribution in [0.4, 0.5) is 0 Å². The van der Waals surface area contributed by atoms with Crippen molar-refractivity contribution in [1.82, 2.24) is 14.7 Å². The molecule has 0 fully saturated rings. The zero-order valence-corrected chi connectivity index (χ0v) is 14.7. The maximum absolute atomic E-state index is 12.5. The summed E-state index contributed by atoms with van der Waals surface area (Å²) in [5.41, 5.74) is 3.69. The number of nitrogens with one attached hydrogen (secondary N) is 1. The monoisotopic (exact) mass is 358 g/mol. The topological polar surface area (TPSA) is 107 Å². The van der Waals surface area contributed by atoms with Crippen LogP contribution >= 0.6 is 0 Å². The number of primary sulfonamides is 1. The molecule has 0 saturated heterocycles. The fraction of sp³-hybridized carbons (Fsp3) is 0.176. The summed E-state index contributed by atoms with van der Waals surface area (Å²) in [6.45, 7) is 4.02. The molecule has 0 atom stereocenters. The minimum atomic E-state index is -3.72. The molecule has 1 amide bonds. The Balaban J connectivity index is 1.78. The molecule has 1 aromatic carbocycles. The molecule has 130 valence electrons. The molecule has 3 aromatic rings. The largest absolute Gasteiger partial charge is 0.347 e. The van der Waals surface area contributed by atoms with Crippen LogP contribution in [0.1, 0.15) is 27.3 Å². The van der Waals surface area contributed by atoms with Crippen molar-refractivity contribution in [2.24, 2.45) is 5.14 Å². The summed E-state index contributed by atoms with van der Waals surface area (Å²) in [6.07, 6.45) is 1.82. The van der Waals surface area contributed by atoms with Crippen LogP contribution in [0.3, 0.4) is 0 Å². The summed E-state index contributed by atoms with van der Waals surface area (Å²) < 4.78 is 24.3. The summed E-state index contributed by atoms with van der Waals surface area (Å²) in [4.78, 5) is 17.0. The fourth-order valence-electron chi connectivity index (χ4n) is 2.60. The summed E-state index contributed by atoms with van der Waals surface area (Å²) in [5.74, 6) is -0.246. The Kier molecular flexibility index (Phi) is 4.32. The van der Waals surface area contributed by atoms with Crippen LogP contribution in [0, 0.1) is 13.8 Å². The number of benzene rings is 1. The first-order valence-corrected chi connectivity index (χ1v) is 9.15. The molecule has 0 aliphatic carbocycles. The van der Waals surface area contributed by atoms with Crippen molar-refractivity contribution >= 4 is 21.6 Å². The van der Waals surface area contributed by atoms with E-state index in [2.05, 4.69) is 10.3 Å². The number of carbonyl (C=O) groups excluding carboxylic acids is 1. The lowest BCUT2D eigenvalue weighted by Crippen LogP contribution is -2.25. The zero-order valence-electron chi connectivity index (χ0n) is 13.9. The Morgan fingerprint density at radius 1 is 1.20 bits per heavy atom. The van der Waals surface area contributed by atoms with Crippen LogP contribution in [0.2, 0.25) is 0 Å². The van der Waals surface area contributed by atoms with Gasteiger partial charge >= 0.3 is 0 Å². The second-order valence-electron chi connectivity index (χ2n) is 5.85. The van der Waals surface area contributed by atoms with Crippen molar-refractivity contribution in [3.05, 3.63) is 65.1 Å². The third-order valence-corrected chi connectivity index (χ3v) is 4.81. The predicted octanol–water partition coefficient (Wildman–Crippen LogP) is 1.53. The molecule has 8 heteroatoms. The van der Waals surface area contributed by atoms with E-state index in [1.165, 1.54) is 12.1 Å². The summed E-state index contributed by atoms with van der Waals surface area (Å²) in [6, 6.07) is 9.89. The quantitative estimate of drug-likeness (QED) is 0.737. The number of nitrogens with two attached hydrogens (primary N) is 1. The van der Waals surface area contributed by atoms with Crippen LogP contribution in [0.5, 0.6) is 0 Å². The van der Waals surface area contributed by atoms with Gasteiger partial charge in [-0.2, -0.15) is 0 Å². The van der Waals surface area contributed by atoms with Crippen molar-refractivity contribution in [3.8, 4) is 0 Å². The fourth-order valence-corrected chi connectivity index (χ4v) is 3.12. The molecule has 0 bridgehead atoms. The number of nitrogens with zero attached hydrogens (tertiary/aromatic N) is 2. The van der Waals surface area contributed by atoms with E-state index in [1.54, 1.807) is 23.5 Å². The maximum atomic E-state index is 12.5. The highest BCUT2D eigenvalue weighted by Crippen LogP contribution is 2.14.